The van der Waals surface area contributed by atoms with Crippen molar-refractivity contribution >= 4 is 17.7 Å². The van der Waals surface area contributed by atoms with E-state index in [4.69, 9.17) is 9.47 Å². The predicted octanol–water partition coefficient (Wildman–Crippen LogP) is 0.390. The molecule has 9 heteroatoms. The molecule has 0 spiro atoms. The SMILES string of the molecule is CC(=O)NCC1CN(c2ccc(OCC3(O)CCNC3)c(F)c2)C(=O)O1. The molecule has 2 amide bonds. The first kappa shape index (κ1) is 18.4. The number of aliphatic hydroxyl groups is 1. The Morgan fingerprint density at radius 3 is 3.04 bits per heavy atom. The summed E-state index contributed by atoms with van der Waals surface area (Å²) in [6.07, 6.45) is -0.545. The minimum absolute atomic E-state index is 0.0106. The fraction of sp³-hybridized carbons (Fsp3) is 0.529. The standard InChI is InChI=1S/C17H22FN3O5/c1-11(22)20-7-13-8-21(16(23)26-13)12-2-3-15(14(18)6-12)25-10-17(24)4-5-19-9-17/h2-3,6,13,19,24H,4-5,7-10H2,1H3,(H,20,22). The second kappa shape index (κ2) is 7.46. The van der Waals surface area contributed by atoms with Crippen molar-refractivity contribution < 1.29 is 28.6 Å². The van der Waals surface area contributed by atoms with E-state index in [1.165, 1.54) is 24.0 Å². The van der Waals surface area contributed by atoms with Crippen molar-refractivity contribution in [2.24, 2.45) is 0 Å². The molecule has 0 bridgehead atoms. The zero-order valence-electron chi connectivity index (χ0n) is 14.5. The van der Waals surface area contributed by atoms with E-state index in [2.05, 4.69) is 10.6 Å². The number of β-amino-alcohol motifs (C(OH)–C–C–N with tert-alkyl or cyclic N) is 1. The second-order valence-corrected chi connectivity index (χ2v) is 6.61. The summed E-state index contributed by atoms with van der Waals surface area (Å²) >= 11 is 0. The van der Waals surface area contributed by atoms with Crippen LogP contribution in [0.5, 0.6) is 5.75 Å². The largest absolute Gasteiger partial charge is 0.487 e. The first-order valence-corrected chi connectivity index (χ1v) is 8.44. The lowest BCUT2D eigenvalue weighted by Gasteiger charge is -2.22. The summed E-state index contributed by atoms with van der Waals surface area (Å²) < 4.78 is 24.9. The van der Waals surface area contributed by atoms with E-state index in [1.54, 1.807) is 6.07 Å². The molecule has 2 atom stereocenters. The molecule has 2 saturated heterocycles. The number of carbonyl (C=O) groups excluding carboxylic acids is 2. The molecule has 2 fully saturated rings. The number of cyclic esters (lactones) is 1. The average Bonchev–Trinajstić information content (AvgIpc) is 3.18. The third kappa shape index (κ3) is 4.23. The van der Waals surface area contributed by atoms with Crippen molar-refractivity contribution in [3.63, 3.8) is 0 Å². The highest BCUT2D eigenvalue weighted by atomic mass is 19.1. The van der Waals surface area contributed by atoms with Crippen LogP contribution < -0.4 is 20.3 Å². The summed E-state index contributed by atoms with van der Waals surface area (Å²) in [6, 6.07) is 4.16. The Morgan fingerprint density at radius 1 is 1.58 bits per heavy atom. The van der Waals surface area contributed by atoms with Crippen LogP contribution in [0.25, 0.3) is 0 Å². The predicted molar refractivity (Wildman–Crippen MR) is 90.6 cm³/mol. The van der Waals surface area contributed by atoms with E-state index in [1.807, 2.05) is 0 Å². The number of anilines is 1. The minimum atomic E-state index is -0.999. The Bertz CT molecular complexity index is 693. The lowest BCUT2D eigenvalue weighted by atomic mass is 10.1. The van der Waals surface area contributed by atoms with E-state index in [-0.39, 0.29) is 31.4 Å². The van der Waals surface area contributed by atoms with Gasteiger partial charge < -0.3 is 25.2 Å². The number of halogens is 1. The molecule has 3 rings (SSSR count). The third-order valence-corrected chi connectivity index (χ3v) is 4.40. The monoisotopic (exact) mass is 367 g/mol. The minimum Gasteiger partial charge on any atom is -0.487 e. The van der Waals surface area contributed by atoms with Crippen LogP contribution in [-0.4, -0.2) is 61.6 Å². The van der Waals surface area contributed by atoms with Crippen molar-refractivity contribution in [3.8, 4) is 5.75 Å². The molecule has 2 aliphatic heterocycles. The summed E-state index contributed by atoms with van der Waals surface area (Å²) in [5.41, 5.74) is -0.660. The maximum absolute atomic E-state index is 14.3. The summed E-state index contributed by atoms with van der Waals surface area (Å²) in [7, 11) is 0. The molecule has 1 aromatic carbocycles. The Morgan fingerprint density at radius 2 is 2.38 bits per heavy atom. The molecule has 1 aromatic rings. The molecule has 8 nitrogen and oxygen atoms in total. The van der Waals surface area contributed by atoms with Crippen LogP contribution in [0.15, 0.2) is 18.2 Å². The Hall–Kier alpha value is -2.39. The summed E-state index contributed by atoms with van der Waals surface area (Å²) in [4.78, 5) is 24.2. The normalized spacial score (nSPS) is 25.3. The molecular formula is C17H22FN3O5. The summed E-state index contributed by atoms with van der Waals surface area (Å²) in [5, 5.41) is 15.8. The van der Waals surface area contributed by atoms with Gasteiger partial charge in [0.05, 0.1) is 18.8 Å². The van der Waals surface area contributed by atoms with Gasteiger partial charge in [-0.15, -0.1) is 0 Å². The molecule has 0 radical (unpaired) electrons. The maximum atomic E-state index is 14.3. The number of nitrogens with one attached hydrogen (secondary N) is 2. The van der Waals surface area contributed by atoms with E-state index < -0.39 is 23.6 Å². The Labute approximate surface area is 150 Å². The van der Waals surface area contributed by atoms with Crippen molar-refractivity contribution in [2.75, 3.05) is 37.7 Å². The molecule has 26 heavy (non-hydrogen) atoms. The molecule has 142 valence electrons. The lowest BCUT2D eigenvalue weighted by molar-refractivity contribution is -0.119. The molecule has 0 saturated carbocycles. The highest BCUT2D eigenvalue weighted by Crippen LogP contribution is 2.28. The van der Waals surface area contributed by atoms with Gasteiger partial charge in [-0.1, -0.05) is 0 Å². The molecule has 3 N–H and O–H groups in total. The van der Waals surface area contributed by atoms with Gasteiger partial charge in [-0.2, -0.15) is 0 Å². The van der Waals surface area contributed by atoms with Crippen LogP contribution >= 0.6 is 0 Å². The van der Waals surface area contributed by atoms with Gasteiger partial charge >= 0.3 is 6.09 Å². The smallest absolute Gasteiger partial charge is 0.414 e. The molecular weight excluding hydrogens is 345 g/mol. The average molecular weight is 367 g/mol. The highest BCUT2D eigenvalue weighted by Gasteiger charge is 2.34. The van der Waals surface area contributed by atoms with Gasteiger partial charge in [-0.25, -0.2) is 9.18 Å². The fourth-order valence-electron chi connectivity index (χ4n) is 2.94. The number of hydrogen-bond donors (Lipinski definition) is 3. The quantitative estimate of drug-likeness (QED) is 0.673. The first-order chi connectivity index (χ1) is 12.4. The number of benzene rings is 1. The van der Waals surface area contributed by atoms with Gasteiger partial charge in [-0.05, 0) is 25.1 Å². The summed E-state index contributed by atoms with van der Waals surface area (Å²) in [5.74, 6) is -0.835. The highest BCUT2D eigenvalue weighted by molar-refractivity contribution is 5.89. The molecule has 2 heterocycles. The van der Waals surface area contributed by atoms with Crippen LogP contribution in [0, 0.1) is 5.82 Å². The molecule has 0 aliphatic carbocycles. The van der Waals surface area contributed by atoms with Crippen LogP contribution in [0.3, 0.4) is 0 Å². The van der Waals surface area contributed by atoms with Gasteiger partial charge in [0, 0.05) is 19.5 Å². The van der Waals surface area contributed by atoms with Crippen LogP contribution in [0.1, 0.15) is 13.3 Å². The summed E-state index contributed by atoms with van der Waals surface area (Å²) in [6.45, 7) is 2.87. The van der Waals surface area contributed by atoms with Crippen LogP contribution in [-0.2, 0) is 9.53 Å². The van der Waals surface area contributed by atoms with E-state index in [0.29, 0.717) is 25.2 Å². The second-order valence-electron chi connectivity index (χ2n) is 6.61. The first-order valence-electron chi connectivity index (χ1n) is 8.44. The number of amides is 2. The van der Waals surface area contributed by atoms with Crippen molar-refractivity contribution in [3.05, 3.63) is 24.0 Å². The Balaban J connectivity index is 1.61. The zero-order valence-corrected chi connectivity index (χ0v) is 14.5. The van der Waals surface area contributed by atoms with Crippen molar-refractivity contribution in [2.45, 2.75) is 25.0 Å². The lowest BCUT2D eigenvalue weighted by Crippen LogP contribution is -2.38. The number of hydrogen-bond acceptors (Lipinski definition) is 6. The number of nitrogens with zero attached hydrogens (tertiary/aromatic N) is 1. The van der Waals surface area contributed by atoms with Gasteiger partial charge in [0.2, 0.25) is 5.91 Å². The van der Waals surface area contributed by atoms with E-state index >= 15 is 0 Å². The maximum Gasteiger partial charge on any atom is 0.414 e. The third-order valence-electron chi connectivity index (χ3n) is 4.40. The number of rotatable bonds is 6. The topological polar surface area (TPSA) is 100 Å². The fourth-order valence-corrected chi connectivity index (χ4v) is 2.94. The van der Waals surface area contributed by atoms with Gasteiger partial charge in [0.25, 0.3) is 0 Å². The number of carbonyl (C=O) groups is 2. The number of ether oxygens (including phenoxy) is 2. The van der Waals surface area contributed by atoms with E-state index in [0.717, 1.165) is 0 Å². The van der Waals surface area contributed by atoms with E-state index in [9.17, 15) is 19.1 Å². The van der Waals surface area contributed by atoms with Gasteiger partial charge in [0.1, 0.15) is 18.3 Å². The van der Waals surface area contributed by atoms with Crippen LogP contribution in [0.2, 0.25) is 0 Å². The van der Waals surface area contributed by atoms with Crippen molar-refractivity contribution in [1.29, 1.82) is 0 Å². The molecule has 2 unspecified atom stereocenters. The van der Waals surface area contributed by atoms with Gasteiger partial charge in [0.15, 0.2) is 11.6 Å². The van der Waals surface area contributed by atoms with Gasteiger partial charge in [-0.3, -0.25) is 9.69 Å². The Kier molecular flexibility index (Phi) is 5.28. The molecule has 0 aromatic heterocycles. The van der Waals surface area contributed by atoms with Crippen molar-refractivity contribution in [1.82, 2.24) is 10.6 Å². The van der Waals surface area contributed by atoms with Crippen LogP contribution in [0.4, 0.5) is 14.9 Å². The zero-order chi connectivity index (χ0) is 18.7. The molecule has 2 aliphatic rings.